The summed E-state index contributed by atoms with van der Waals surface area (Å²) in [5, 5.41) is 7.39. The Hall–Kier alpha value is -2.47. The van der Waals surface area contributed by atoms with Gasteiger partial charge in [0.2, 0.25) is 0 Å². The summed E-state index contributed by atoms with van der Waals surface area (Å²) in [5.74, 6) is -0.112. The normalized spacial score (nSPS) is 13.7. The van der Waals surface area contributed by atoms with Gasteiger partial charge in [0.1, 0.15) is 11.6 Å². The number of benzene rings is 1. The second kappa shape index (κ2) is 5.14. The summed E-state index contributed by atoms with van der Waals surface area (Å²) in [6, 6.07) is 7.48. The SMILES string of the molecule is CN(C)CCNc1nc2c(c3ccccc13)C(=O)C(=O)N2. The number of amides is 1. The fourth-order valence-corrected chi connectivity index (χ4v) is 2.39. The molecule has 0 saturated heterocycles. The summed E-state index contributed by atoms with van der Waals surface area (Å²) in [5.41, 5.74) is 0.369. The molecule has 6 nitrogen and oxygen atoms in total. The summed E-state index contributed by atoms with van der Waals surface area (Å²) in [4.78, 5) is 30.0. The molecule has 1 aromatic carbocycles. The van der Waals surface area contributed by atoms with E-state index in [-0.39, 0.29) is 0 Å². The highest BCUT2D eigenvalue weighted by Crippen LogP contribution is 2.33. The fraction of sp³-hybridized carbons (Fsp3) is 0.267. The Kier molecular flexibility index (Phi) is 3.31. The van der Waals surface area contributed by atoms with E-state index in [2.05, 4.69) is 20.5 Å². The predicted molar refractivity (Wildman–Crippen MR) is 81.7 cm³/mol. The number of hydrogen-bond acceptors (Lipinski definition) is 5. The number of carbonyl (C=O) groups excluding carboxylic acids is 2. The van der Waals surface area contributed by atoms with Crippen LogP contribution in [-0.2, 0) is 4.79 Å². The maximum atomic E-state index is 11.9. The van der Waals surface area contributed by atoms with Gasteiger partial charge >= 0.3 is 0 Å². The van der Waals surface area contributed by atoms with Crippen molar-refractivity contribution in [2.45, 2.75) is 0 Å². The van der Waals surface area contributed by atoms with Gasteiger partial charge in [0.05, 0.1) is 5.56 Å². The molecule has 0 unspecified atom stereocenters. The molecule has 1 amide bonds. The fourth-order valence-electron chi connectivity index (χ4n) is 2.39. The van der Waals surface area contributed by atoms with Gasteiger partial charge in [-0.05, 0) is 14.1 Å². The lowest BCUT2D eigenvalue weighted by molar-refractivity contribution is -0.112. The first-order valence-corrected chi connectivity index (χ1v) is 6.75. The van der Waals surface area contributed by atoms with E-state index in [9.17, 15) is 9.59 Å². The molecular weight excluding hydrogens is 268 g/mol. The molecule has 2 N–H and O–H groups in total. The van der Waals surface area contributed by atoms with Crippen LogP contribution in [0.25, 0.3) is 10.8 Å². The number of ketones is 1. The van der Waals surface area contributed by atoms with Crippen LogP contribution in [0.4, 0.5) is 11.6 Å². The minimum Gasteiger partial charge on any atom is -0.368 e. The smallest absolute Gasteiger partial charge is 0.298 e. The highest BCUT2D eigenvalue weighted by molar-refractivity contribution is 6.53. The number of likely N-dealkylation sites (N-methyl/N-ethyl adjacent to an activating group) is 1. The van der Waals surface area contributed by atoms with Gasteiger partial charge in [-0.3, -0.25) is 9.59 Å². The minimum absolute atomic E-state index is 0.344. The van der Waals surface area contributed by atoms with E-state index in [0.29, 0.717) is 17.2 Å². The molecule has 0 bridgehead atoms. The van der Waals surface area contributed by atoms with Crippen molar-refractivity contribution in [3.63, 3.8) is 0 Å². The molecule has 0 radical (unpaired) electrons. The lowest BCUT2D eigenvalue weighted by atomic mass is 10.0. The summed E-state index contributed by atoms with van der Waals surface area (Å²) in [6.07, 6.45) is 0. The molecule has 0 fully saturated rings. The molecule has 0 spiro atoms. The van der Waals surface area contributed by atoms with Crippen molar-refractivity contribution in [3.05, 3.63) is 29.8 Å². The molecular formula is C15H16N4O2. The molecule has 0 atom stereocenters. The van der Waals surface area contributed by atoms with E-state index in [1.165, 1.54) is 0 Å². The molecule has 21 heavy (non-hydrogen) atoms. The number of Topliss-reactive ketones (excluding diaryl/α,β-unsaturated/α-hetero) is 1. The largest absolute Gasteiger partial charge is 0.368 e. The number of pyridine rings is 1. The van der Waals surface area contributed by atoms with E-state index in [0.717, 1.165) is 23.9 Å². The third kappa shape index (κ3) is 2.34. The van der Waals surface area contributed by atoms with Gasteiger partial charge in [0.25, 0.3) is 11.7 Å². The third-order valence-corrected chi connectivity index (χ3v) is 3.43. The molecule has 0 aliphatic carbocycles. The number of fused-ring (bicyclic) bond motifs is 3. The monoisotopic (exact) mass is 284 g/mol. The highest BCUT2D eigenvalue weighted by Gasteiger charge is 2.32. The lowest BCUT2D eigenvalue weighted by Gasteiger charge is -2.13. The Morgan fingerprint density at radius 1 is 1.19 bits per heavy atom. The van der Waals surface area contributed by atoms with E-state index in [1.54, 1.807) is 0 Å². The Bertz CT molecular complexity index is 740. The Morgan fingerprint density at radius 2 is 1.90 bits per heavy atom. The van der Waals surface area contributed by atoms with Gasteiger partial charge < -0.3 is 15.5 Å². The van der Waals surface area contributed by atoms with Crippen LogP contribution in [0, 0.1) is 0 Å². The van der Waals surface area contributed by atoms with Gasteiger partial charge in [-0.15, -0.1) is 0 Å². The molecule has 2 aromatic rings. The zero-order valence-electron chi connectivity index (χ0n) is 11.9. The van der Waals surface area contributed by atoms with Gasteiger partial charge in [-0.25, -0.2) is 4.98 Å². The molecule has 0 saturated carbocycles. The molecule has 1 aliphatic rings. The first-order chi connectivity index (χ1) is 10.1. The van der Waals surface area contributed by atoms with Crippen LogP contribution in [0.1, 0.15) is 10.4 Å². The van der Waals surface area contributed by atoms with Crippen molar-refractivity contribution in [2.24, 2.45) is 0 Å². The minimum atomic E-state index is -0.618. The summed E-state index contributed by atoms with van der Waals surface area (Å²) in [6.45, 7) is 1.59. The molecule has 2 heterocycles. The molecule has 1 aromatic heterocycles. The number of hydrogen-bond donors (Lipinski definition) is 2. The topological polar surface area (TPSA) is 74.3 Å². The summed E-state index contributed by atoms with van der Waals surface area (Å²) in [7, 11) is 3.99. The third-order valence-electron chi connectivity index (χ3n) is 3.43. The van der Waals surface area contributed by atoms with E-state index < -0.39 is 11.7 Å². The maximum absolute atomic E-state index is 11.9. The van der Waals surface area contributed by atoms with Crippen molar-refractivity contribution in [3.8, 4) is 0 Å². The van der Waals surface area contributed by atoms with E-state index >= 15 is 0 Å². The number of nitrogens with one attached hydrogen (secondary N) is 2. The predicted octanol–water partition coefficient (Wildman–Crippen LogP) is 1.34. The summed E-state index contributed by atoms with van der Waals surface area (Å²) < 4.78 is 0. The lowest BCUT2D eigenvalue weighted by Crippen LogP contribution is -2.21. The number of carbonyl (C=O) groups is 2. The molecule has 1 aliphatic heterocycles. The van der Waals surface area contributed by atoms with Crippen molar-refractivity contribution >= 4 is 34.1 Å². The molecule has 6 heteroatoms. The van der Waals surface area contributed by atoms with Gasteiger partial charge in [0.15, 0.2) is 0 Å². The van der Waals surface area contributed by atoms with Crippen molar-refractivity contribution in [1.29, 1.82) is 0 Å². The highest BCUT2D eigenvalue weighted by atomic mass is 16.2. The number of anilines is 2. The number of nitrogens with zero attached hydrogens (tertiary/aromatic N) is 2. The van der Waals surface area contributed by atoms with Crippen molar-refractivity contribution in [2.75, 3.05) is 37.8 Å². The standard InChI is InChI=1S/C15H16N4O2/c1-19(2)8-7-16-13-10-6-4-3-5-9(10)11-12(20)15(21)18-14(11)17-13/h3-6H,7-8H2,1-2H3,(H2,16,17,18,20,21). The van der Waals surface area contributed by atoms with Crippen LogP contribution in [0.5, 0.6) is 0 Å². The van der Waals surface area contributed by atoms with Gasteiger partial charge in [0, 0.05) is 23.9 Å². The Morgan fingerprint density at radius 3 is 2.62 bits per heavy atom. The second-order valence-corrected chi connectivity index (χ2v) is 5.24. The Labute approximate surface area is 122 Å². The maximum Gasteiger partial charge on any atom is 0.298 e. The number of rotatable bonds is 4. The zero-order valence-corrected chi connectivity index (χ0v) is 11.9. The first kappa shape index (κ1) is 13.5. The van der Waals surface area contributed by atoms with Gasteiger partial charge in [-0.1, -0.05) is 24.3 Å². The molecule has 108 valence electrons. The average molecular weight is 284 g/mol. The van der Waals surface area contributed by atoms with Crippen LogP contribution >= 0.6 is 0 Å². The van der Waals surface area contributed by atoms with Crippen molar-refractivity contribution in [1.82, 2.24) is 9.88 Å². The van der Waals surface area contributed by atoms with Crippen LogP contribution < -0.4 is 10.6 Å². The quantitative estimate of drug-likeness (QED) is 0.829. The second-order valence-electron chi connectivity index (χ2n) is 5.24. The van der Waals surface area contributed by atoms with Gasteiger partial charge in [-0.2, -0.15) is 0 Å². The van der Waals surface area contributed by atoms with Crippen LogP contribution in [-0.4, -0.2) is 48.8 Å². The van der Waals surface area contributed by atoms with Crippen LogP contribution in [0.15, 0.2) is 24.3 Å². The van der Waals surface area contributed by atoms with Crippen LogP contribution in [0.3, 0.4) is 0 Å². The van der Waals surface area contributed by atoms with Crippen LogP contribution in [0.2, 0.25) is 0 Å². The average Bonchev–Trinajstić information content (AvgIpc) is 2.74. The van der Waals surface area contributed by atoms with E-state index in [1.807, 2.05) is 38.4 Å². The molecule has 3 rings (SSSR count). The van der Waals surface area contributed by atoms with Crippen molar-refractivity contribution < 1.29 is 9.59 Å². The Balaban J connectivity index is 2.07. The van der Waals surface area contributed by atoms with E-state index in [4.69, 9.17) is 0 Å². The summed E-state index contributed by atoms with van der Waals surface area (Å²) >= 11 is 0. The number of aromatic nitrogens is 1. The first-order valence-electron chi connectivity index (χ1n) is 6.75. The zero-order chi connectivity index (χ0) is 15.0.